The second-order valence-corrected chi connectivity index (χ2v) is 5.18. The van der Waals surface area contributed by atoms with E-state index in [1.54, 1.807) is 0 Å². The molecule has 1 aromatic heterocycles. The van der Waals surface area contributed by atoms with Crippen LogP contribution in [0, 0.1) is 6.92 Å². The van der Waals surface area contributed by atoms with Crippen LogP contribution in [0.1, 0.15) is 31.5 Å². The standard InChI is InChI=1S/C16H20ClN3/c1-4-10-18-16-14(5-2)11(3)19-15(20-16)12-6-8-13(17)9-7-12/h6-9H,4-5,10H2,1-3H3,(H,18,19,20). The number of anilines is 1. The van der Waals surface area contributed by atoms with Gasteiger partial charge in [-0.25, -0.2) is 9.97 Å². The number of aromatic nitrogens is 2. The van der Waals surface area contributed by atoms with Crippen LogP contribution in [0.3, 0.4) is 0 Å². The van der Waals surface area contributed by atoms with E-state index in [4.69, 9.17) is 11.6 Å². The van der Waals surface area contributed by atoms with Gasteiger partial charge in [0.2, 0.25) is 0 Å². The lowest BCUT2D eigenvalue weighted by Gasteiger charge is -2.13. The summed E-state index contributed by atoms with van der Waals surface area (Å²) >= 11 is 5.92. The largest absolute Gasteiger partial charge is 0.370 e. The van der Waals surface area contributed by atoms with E-state index < -0.39 is 0 Å². The van der Waals surface area contributed by atoms with Gasteiger partial charge in [0.05, 0.1) is 0 Å². The summed E-state index contributed by atoms with van der Waals surface area (Å²) in [5.41, 5.74) is 3.21. The molecule has 4 heteroatoms. The molecular formula is C16H20ClN3. The van der Waals surface area contributed by atoms with Crippen LogP contribution in [-0.4, -0.2) is 16.5 Å². The average molecular weight is 290 g/mol. The van der Waals surface area contributed by atoms with Crippen molar-refractivity contribution in [3.05, 3.63) is 40.5 Å². The van der Waals surface area contributed by atoms with Crippen LogP contribution in [0.15, 0.2) is 24.3 Å². The van der Waals surface area contributed by atoms with Crippen LogP contribution in [0.2, 0.25) is 5.02 Å². The van der Waals surface area contributed by atoms with Gasteiger partial charge in [0.15, 0.2) is 5.82 Å². The van der Waals surface area contributed by atoms with Crippen molar-refractivity contribution in [3.8, 4) is 11.4 Å². The van der Waals surface area contributed by atoms with Crippen LogP contribution in [0.4, 0.5) is 5.82 Å². The van der Waals surface area contributed by atoms with Crippen molar-refractivity contribution >= 4 is 17.4 Å². The van der Waals surface area contributed by atoms with E-state index in [0.717, 1.165) is 47.3 Å². The molecule has 1 N–H and O–H groups in total. The molecule has 0 aliphatic rings. The minimum absolute atomic E-state index is 0.722. The van der Waals surface area contributed by atoms with E-state index in [1.807, 2.05) is 31.2 Å². The quantitative estimate of drug-likeness (QED) is 0.881. The first-order chi connectivity index (χ1) is 9.65. The molecule has 0 bridgehead atoms. The van der Waals surface area contributed by atoms with Crippen molar-refractivity contribution in [2.24, 2.45) is 0 Å². The van der Waals surface area contributed by atoms with Crippen molar-refractivity contribution in [1.29, 1.82) is 0 Å². The topological polar surface area (TPSA) is 37.8 Å². The second-order valence-electron chi connectivity index (χ2n) is 4.75. The zero-order chi connectivity index (χ0) is 14.5. The van der Waals surface area contributed by atoms with E-state index in [2.05, 4.69) is 29.1 Å². The number of halogens is 1. The Bertz CT molecular complexity index is 579. The normalized spacial score (nSPS) is 10.6. The van der Waals surface area contributed by atoms with Gasteiger partial charge in [0, 0.05) is 28.4 Å². The fourth-order valence-electron chi connectivity index (χ4n) is 2.14. The van der Waals surface area contributed by atoms with E-state index in [9.17, 15) is 0 Å². The number of nitrogens with zero attached hydrogens (tertiary/aromatic N) is 2. The summed E-state index contributed by atoms with van der Waals surface area (Å²) in [4.78, 5) is 9.29. The Balaban J connectivity index is 2.44. The molecule has 0 saturated heterocycles. The van der Waals surface area contributed by atoms with Crippen LogP contribution >= 0.6 is 11.6 Å². The van der Waals surface area contributed by atoms with Crippen molar-refractivity contribution in [1.82, 2.24) is 9.97 Å². The van der Waals surface area contributed by atoms with Crippen LogP contribution < -0.4 is 5.32 Å². The zero-order valence-corrected chi connectivity index (χ0v) is 13.0. The highest BCUT2D eigenvalue weighted by molar-refractivity contribution is 6.30. The van der Waals surface area contributed by atoms with Crippen LogP contribution in [0.25, 0.3) is 11.4 Å². The number of hydrogen-bond acceptors (Lipinski definition) is 3. The number of hydrogen-bond donors (Lipinski definition) is 1. The van der Waals surface area contributed by atoms with E-state index in [-0.39, 0.29) is 0 Å². The maximum absolute atomic E-state index is 5.92. The summed E-state index contributed by atoms with van der Waals surface area (Å²) < 4.78 is 0. The fourth-order valence-corrected chi connectivity index (χ4v) is 2.26. The van der Waals surface area contributed by atoms with Crippen molar-refractivity contribution in [2.45, 2.75) is 33.6 Å². The predicted octanol–water partition coefficient (Wildman–Crippen LogP) is 4.49. The molecule has 1 aromatic carbocycles. The molecule has 0 unspecified atom stereocenters. The Hall–Kier alpha value is -1.61. The monoisotopic (exact) mass is 289 g/mol. The summed E-state index contributed by atoms with van der Waals surface area (Å²) in [7, 11) is 0. The third-order valence-electron chi connectivity index (χ3n) is 3.21. The fraction of sp³-hybridized carbons (Fsp3) is 0.375. The first-order valence-electron chi connectivity index (χ1n) is 7.03. The molecular weight excluding hydrogens is 270 g/mol. The maximum atomic E-state index is 5.92. The third kappa shape index (κ3) is 3.28. The van der Waals surface area contributed by atoms with Gasteiger partial charge < -0.3 is 5.32 Å². The highest BCUT2D eigenvalue weighted by Gasteiger charge is 2.11. The lowest BCUT2D eigenvalue weighted by molar-refractivity contribution is 0.938. The Kier molecular flexibility index (Phi) is 4.96. The van der Waals surface area contributed by atoms with Crippen molar-refractivity contribution < 1.29 is 0 Å². The molecule has 0 amide bonds. The molecule has 1 heterocycles. The number of aryl methyl sites for hydroxylation is 1. The molecule has 0 aliphatic heterocycles. The molecule has 106 valence electrons. The summed E-state index contributed by atoms with van der Waals surface area (Å²) in [6.07, 6.45) is 2.00. The van der Waals surface area contributed by atoms with Gasteiger partial charge in [-0.1, -0.05) is 25.4 Å². The van der Waals surface area contributed by atoms with Gasteiger partial charge in [-0.05, 0) is 44.0 Å². The molecule has 0 fully saturated rings. The Labute approximate surface area is 125 Å². The molecule has 20 heavy (non-hydrogen) atoms. The lowest BCUT2D eigenvalue weighted by atomic mass is 10.1. The number of nitrogens with one attached hydrogen (secondary N) is 1. The SMILES string of the molecule is CCCNc1nc(-c2ccc(Cl)cc2)nc(C)c1CC. The molecule has 0 aliphatic carbocycles. The minimum atomic E-state index is 0.722. The summed E-state index contributed by atoms with van der Waals surface area (Å²) in [6.45, 7) is 7.23. The molecule has 0 atom stereocenters. The van der Waals surface area contributed by atoms with Crippen LogP contribution in [0.5, 0.6) is 0 Å². The Morgan fingerprint density at radius 2 is 1.80 bits per heavy atom. The number of benzene rings is 1. The molecule has 2 rings (SSSR count). The minimum Gasteiger partial charge on any atom is -0.370 e. The average Bonchev–Trinajstić information content (AvgIpc) is 2.45. The molecule has 2 aromatic rings. The first-order valence-corrected chi connectivity index (χ1v) is 7.40. The van der Waals surface area contributed by atoms with E-state index >= 15 is 0 Å². The third-order valence-corrected chi connectivity index (χ3v) is 3.46. The second kappa shape index (κ2) is 6.71. The Morgan fingerprint density at radius 1 is 1.10 bits per heavy atom. The smallest absolute Gasteiger partial charge is 0.161 e. The highest BCUT2D eigenvalue weighted by atomic mass is 35.5. The zero-order valence-electron chi connectivity index (χ0n) is 12.2. The van der Waals surface area contributed by atoms with Gasteiger partial charge in [-0.15, -0.1) is 0 Å². The lowest BCUT2D eigenvalue weighted by Crippen LogP contribution is -2.09. The first kappa shape index (κ1) is 14.8. The summed E-state index contributed by atoms with van der Waals surface area (Å²) in [5.74, 6) is 1.70. The highest BCUT2D eigenvalue weighted by Crippen LogP contribution is 2.24. The van der Waals surface area contributed by atoms with Crippen LogP contribution in [-0.2, 0) is 6.42 Å². The van der Waals surface area contributed by atoms with Gasteiger partial charge in [-0.3, -0.25) is 0 Å². The van der Waals surface area contributed by atoms with Crippen molar-refractivity contribution in [3.63, 3.8) is 0 Å². The van der Waals surface area contributed by atoms with Crippen molar-refractivity contribution in [2.75, 3.05) is 11.9 Å². The molecule has 0 radical (unpaired) electrons. The number of rotatable bonds is 5. The van der Waals surface area contributed by atoms with E-state index in [0.29, 0.717) is 0 Å². The Morgan fingerprint density at radius 3 is 2.40 bits per heavy atom. The summed E-state index contributed by atoms with van der Waals surface area (Å²) in [6, 6.07) is 7.63. The van der Waals surface area contributed by atoms with Gasteiger partial charge in [-0.2, -0.15) is 0 Å². The molecule has 3 nitrogen and oxygen atoms in total. The van der Waals surface area contributed by atoms with Gasteiger partial charge >= 0.3 is 0 Å². The van der Waals surface area contributed by atoms with E-state index in [1.165, 1.54) is 5.56 Å². The molecule has 0 saturated carbocycles. The molecule has 0 spiro atoms. The van der Waals surface area contributed by atoms with Gasteiger partial charge in [0.1, 0.15) is 5.82 Å². The van der Waals surface area contributed by atoms with Gasteiger partial charge in [0.25, 0.3) is 0 Å². The summed E-state index contributed by atoms with van der Waals surface area (Å²) in [5, 5.41) is 4.12. The maximum Gasteiger partial charge on any atom is 0.161 e. The predicted molar refractivity (Wildman–Crippen MR) is 85.4 cm³/mol.